The van der Waals surface area contributed by atoms with E-state index in [2.05, 4.69) is 20.8 Å². The minimum Gasteiger partial charge on any atom is -0.388 e. The molecule has 0 spiro atoms. The standard InChI is InChI=1S/C30H46O4/c1-18(27(5,6)33)17-24(31)19(2)21-9-10-22-20-11-16-30(34)26(3,4)25(32)13-15-29(30,8)23(20)12-14-28(21,22)7/h17,19,21-22,33-34H,9-16H2,1-8H3/b18-17+/t19-,21+,22-,28+,29+,30+/m0/s1. The molecule has 0 heterocycles. The topological polar surface area (TPSA) is 74.6 Å². The number of ketones is 2. The molecule has 0 amide bonds. The minimum absolute atomic E-state index is 0.0724. The molecule has 34 heavy (non-hydrogen) atoms. The van der Waals surface area contributed by atoms with Gasteiger partial charge in [-0.05, 0) is 94.6 Å². The highest BCUT2D eigenvalue weighted by atomic mass is 16.3. The largest absolute Gasteiger partial charge is 0.388 e. The van der Waals surface area contributed by atoms with Gasteiger partial charge < -0.3 is 10.2 Å². The third-order valence-corrected chi connectivity index (χ3v) is 11.4. The van der Waals surface area contributed by atoms with Crippen LogP contribution in [0.5, 0.6) is 0 Å². The van der Waals surface area contributed by atoms with E-state index in [-0.39, 0.29) is 28.3 Å². The molecule has 0 aromatic heterocycles. The second-order valence-electron chi connectivity index (χ2n) is 13.6. The van der Waals surface area contributed by atoms with Crippen molar-refractivity contribution in [3.63, 3.8) is 0 Å². The highest BCUT2D eigenvalue weighted by Crippen LogP contribution is 2.68. The number of carbonyl (C=O) groups excluding carboxylic acids is 2. The summed E-state index contributed by atoms with van der Waals surface area (Å²) in [6, 6.07) is 0. The van der Waals surface area contributed by atoms with Crippen molar-refractivity contribution in [2.75, 3.05) is 0 Å². The maximum Gasteiger partial charge on any atom is 0.158 e. The Bertz CT molecular complexity index is 963. The van der Waals surface area contributed by atoms with Gasteiger partial charge in [-0.25, -0.2) is 0 Å². The third-order valence-electron chi connectivity index (χ3n) is 11.4. The van der Waals surface area contributed by atoms with Crippen LogP contribution in [0.25, 0.3) is 0 Å². The second kappa shape index (κ2) is 7.87. The first-order valence-electron chi connectivity index (χ1n) is 13.4. The van der Waals surface area contributed by atoms with Crippen LogP contribution in [0.4, 0.5) is 0 Å². The summed E-state index contributed by atoms with van der Waals surface area (Å²) in [5.74, 6) is 1.03. The van der Waals surface area contributed by atoms with Crippen molar-refractivity contribution in [2.45, 2.75) is 118 Å². The second-order valence-corrected chi connectivity index (χ2v) is 13.6. The molecule has 6 atom stereocenters. The van der Waals surface area contributed by atoms with Gasteiger partial charge in [0, 0.05) is 17.8 Å². The van der Waals surface area contributed by atoms with Crippen LogP contribution in [0.15, 0.2) is 22.8 Å². The van der Waals surface area contributed by atoms with Crippen molar-refractivity contribution in [3.8, 4) is 0 Å². The molecule has 2 N–H and O–H groups in total. The number of fused-ring (bicyclic) bond motifs is 4. The number of carbonyl (C=O) groups is 2. The lowest BCUT2D eigenvalue weighted by atomic mass is 9.44. The molecular formula is C30H46O4. The van der Waals surface area contributed by atoms with E-state index in [0.29, 0.717) is 30.3 Å². The van der Waals surface area contributed by atoms with E-state index in [9.17, 15) is 19.8 Å². The van der Waals surface area contributed by atoms with Crippen molar-refractivity contribution in [2.24, 2.45) is 34.0 Å². The van der Waals surface area contributed by atoms with E-state index < -0.39 is 16.6 Å². The van der Waals surface area contributed by atoms with Crippen LogP contribution in [0.1, 0.15) is 107 Å². The Labute approximate surface area is 206 Å². The average Bonchev–Trinajstić information content (AvgIpc) is 3.09. The number of hydrogen-bond acceptors (Lipinski definition) is 4. The molecule has 0 bridgehead atoms. The van der Waals surface area contributed by atoms with E-state index in [1.165, 1.54) is 11.1 Å². The first-order chi connectivity index (χ1) is 15.5. The van der Waals surface area contributed by atoms with Crippen molar-refractivity contribution in [1.29, 1.82) is 0 Å². The molecule has 0 saturated heterocycles. The van der Waals surface area contributed by atoms with Gasteiger partial charge in [-0.2, -0.15) is 0 Å². The van der Waals surface area contributed by atoms with E-state index in [1.807, 2.05) is 20.8 Å². The molecule has 0 aliphatic heterocycles. The molecule has 4 rings (SSSR count). The summed E-state index contributed by atoms with van der Waals surface area (Å²) in [5, 5.41) is 22.3. The fourth-order valence-electron chi connectivity index (χ4n) is 8.57. The molecule has 0 radical (unpaired) electrons. The number of hydrogen-bond donors (Lipinski definition) is 2. The first kappa shape index (κ1) is 25.8. The fourth-order valence-corrected chi connectivity index (χ4v) is 8.57. The lowest BCUT2D eigenvalue weighted by Crippen LogP contribution is -2.65. The van der Waals surface area contributed by atoms with E-state index >= 15 is 0 Å². The molecule has 2 fully saturated rings. The fraction of sp³-hybridized carbons (Fsp3) is 0.800. The lowest BCUT2D eigenvalue weighted by molar-refractivity contribution is -0.187. The number of allylic oxidation sites excluding steroid dienone is 2. The highest BCUT2D eigenvalue weighted by molar-refractivity contribution is 5.92. The molecule has 4 aliphatic rings. The van der Waals surface area contributed by atoms with Gasteiger partial charge in [0.1, 0.15) is 5.78 Å². The zero-order valence-corrected chi connectivity index (χ0v) is 22.7. The summed E-state index contributed by atoms with van der Waals surface area (Å²) >= 11 is 0. The molecule has 190 valence electrons. The molecule has 4 aliphatic carbocycles. The zero-order chi connectivity index (χ0) is 25.5. The number of Topliss-reactive ketones (excluding diaryl/α,β-unsaturated/α-hetero) is 1. The van der Waals surface area contributed by atoms with Gasteiger partial charge in [0.05, 0.1) is 16.6 Å². The highest BCUT2D eigenvalue weighted by Gasteiger charge is 2.66. The normalized spacial score (nSPS) is 41.0. The molecule has 4 heteroatoms. The van der Waals surface area contributed by atoms with Crippen LogP contribution in [0, 0.1) is 34.0 Å². The van der Waals surface area contributed by atoms with Crippen LogP contribution in [0.3, 0.4) is 0 Å². The van der Waals surface area contributed by atoms with Crippen LogP contribution >= 0.6 is 0 Å². The lowest BCUT2D eigenvalue weighted by Gasteiger charge is -2.62. The summed E-state index contributed by atoms with van der Waals surface area (Å²) < 4.78 is 0. The number of rotatable bonds is 4. The summed E-state index contributed by atoms with van der Waals surface area (Å²) in [6.45, 7) is 15.9. The summed E-state index contributed by atoms with van der Waals surface area (Å²) in [6.07, 6.45) is 8.62. The number of aliphatic hydroxyl groups is 2. The Balaban J connectivity index is 1.66. The Kier molecular flexibility index (Phi) is 5.98. The molecular weight excluding hydrogens is 424 g/mol. The van der Waals surface area contributed by atoms with Crippen molar-refractivity contribution < 1.29 is 19.8 Å². The van der Waals surface area contributed by atoms with E-state index in [0.717, 1.165) is 38.5 Å². The Morgan fingerprint density at radius 1 is 1.06 bits per heavy atom. The monoisotopic (exact) mass is 470 g/mol. The minimum atomic E-state index is -0.984. The van der Waals surface area contributed by atoms with Gasteiger partial charge in [0.25, 0.3) is 0 Å². The van der Waals surface area contributed by atoms with Crippen LogP contribution < -0.4 is 0 Å². The zero-order valence-electron chi connectivity index (χ0n) is 22.7. The summed E-state index contributed by atoms with van der Waals surface area (Å²) in [5.41, 5.74) is 0.739. The van der Waals surface area contributed by atoms with Crippen LogP contribution in [-0.4, -0.2) is 33.0 Å². The summed E-state index contributed by atoms with van der Waals surface area (Å²) in [4.78, 5) is 26.0. The molecule has 4 nitrogen and oxygen atoms in total. The third kappa shape index (κ3) is 3.38. The van der Waals surface area contributed by atoms with E-state index in [1.54, 1.807) is 19.9 Å². The van der Waals surface area contributed by atoms with Crippen molar-refractivity contribution >= 4 is 11.6 Å². The maximum absolute atomic E-state index is 13.2. The van der Waals surface area contributed by atoms with E-state index in [4.69, 9.17) is 0 Å². The van der Waals surface area contributed by atoms with Crippen LogP contribution in [-0.2, 0) is 9.59 Å². The Morgan fingerprint density at radius 3 is 2.32 bits per heavy atom. The Morgan fingerprint density at radius 2 is 1.71 bits per heavy atom. The van der Waals surface area contributed by atoms with Gasteiger partial charge >= 0.3 is 0 Å². The molecule has 0 aromatic rings. The van der Waals surface area contributed by atoms with Crippen molar-refractivity contribution in [1.82, 2.24) is 0 Å². The van der Waals surface area contributed by atoms with Gasteiger partial charge in [0.2, 0.25) is 0 Å². The Hall–Kier alpha value is -1.26. The van der Waals surface area contributed by atoms with Gasteiger partial charge in [-0.3, -0.25) is 9.59 Å². The first-order valence-corrected chi connectivity index (χ1v) is 13.4. The van der Waals surface area contributed by atoms with Crippen LogP contribution in [0.2, 0.25) is 0 Å². The van der Waals surface area contributed by atoms with Gasteiger partial charge in [-0.1, -0.05) is 45.8 Å². The molecule has 0 aromatic carbocycles. The van der Waals surface area contributed by atoms with Gasteiger partial charge in [0.15, 0.2) is 5.78 Å². The maximum atomic E-state index is 13.2. The smallest absolute Gasteiger partial charge is 0.158 e. The molecule has 2 saturated carbocycles. The SMILES string of the molecule is C/C(=C\C(=O)[C@@H](C)[C@H]1CC[C@H]2C3=C(CC[C@]12C)[C@@]1(C)CCC(=O)C(C)(C)[C@]1(O)CC3)C(C)(C)O. The quantitative estimate of drug-likeness (QED) is 0.393. The predicted octanol–water partition coefficient (Wildman–Crippen LogP) is 5.95. The summed E-state index contributed by atoms with van der Waals surface area (Å²) in [7, 11) is 0. The van der Waals surface area contributed by atoms with Crippen molar-refractivity contribution in [3.05, 3.63) is 22.8 Å². The predicted molar refractivity (Wildman–Crippen MR) is 135 cm³/mol. The molecule has 0 unspecified atom stereocenters. The van der Waals surface area contributed by atoms with Gasteiger partial charge in [-0.15, -0.1) is 0 Å². The average molecular weight is 471 g/mol.